The first-order valence-corrected chi connectivity index (χ1v) is 19.2. The highest BCUT2D eigenvalue weighted by atomic mass is 35.5. The lowest BCUT2D eigenvalue weighted by atomic mass is 10.2. The zero-order chi connectivity index (χ0) is 38.8. The van der Waals surface area contributed by atoms with E-state index >= 15 is 0 Å². The molecule has 286 valence electrons. The monoisotopic (exact) mass is 828 g/mol. The smallest absolute Gasteiger partial charge is 0.243 e. The number of hydrogen-bond acceptors (Lipinski definition) is 14. The molecule has 8 rings (SSSR count). The molecule has 0 amide bonds. The summed E-state index contributed by atoms with van der Waals surface area (Å²) in [6.45, 7) is 8.13. The van der Waals surface area contributed by atoms with Crippen molar-refractivity contribution in [1.29, 1.82) is 10.8 Å². The van der Waals surface area contributed by atoms with Crippen LogP contribution in [0, 0.1) is 30.5 Å². The Balaban J connectivity index is 0.000000187. The van der Waals surface area contributed by atoms with Crippen LogP contribution in [0.5, 0.6) is 0 Å². The molecule has 0 unspecified atom stereocenters. The van der Waals surface area contributed by atoms with Crippen LogP contribution in [-0.4, -0.2) is 54.9 Å². The van der Waals surface area contributed by atoms with Gasteiger partial charge < -0.3 is 20.1 Å². The molecule has 4 N–H and O–H groups in total. The number of aryl methyl sites for hydroxylation is 2. The fraction of sp³-hybridized carbons (Fsp3) is 0.179. The van der Waals surface area contributed by atoms with Gasteiger partial charge >= 0.3 is 0 Å². The van der Waals surface area contributed by atoms with E-state index in [9.17, 15) is 4.39 Å². The number of nitrogens with zero attached hydrogens (tertiary/aromatic N) is 6. The van der Waals surface area contributed by atoms with Gasteiger partial charge in [-0.3, -0.25) is 10.8 Å². The number of benzene rings is 4. The van der Waals surface area contributed by atoms with Crippen molar-refractivity contribution < 1.29 is 13.9 Å². The van der Waals surface area contributed by atoms with Gasteiger partial charge in [-0.05, 0) is 87.4 Å². The molecule has 0 fully saturated rings. The van der Waals surface area contributed by atoms with Crippen molar-refractivity contribution in [3.63, 3.8) is 0 Å². The molecular formula is C39H35Cl2FN10O2S2. The van der Waals surface area contributed by atoms with Crippen LogP contribution in [0.25, 0.3) is 42.2 Å². The SMILES string of the molecule is C.CCOC(=N)c1nc2ccc3ncnc(Nc4cc(F)c(C)cc4Cl)c3c2s1.CCOC(=N)c1nc2ccc3ncnc(Nc4ccc(C)cc4Cl)c3c2s1. The van der Waals surface area contributed by atoms with Gasteiger partial charge in [0.05, 0.1) is 76.9 Å². The van der Waals surface area contributed by atoms with Crippen molar-refractivity contribution in [2.75, 3.05) is 23.8 Å². The van der Waals surface area contributed by atoms with Gasteiger partial charge in [0.15, 0.2) is 10.0 Å². The Morgan fingerprint density at radius 3 is 1.66 bits per heavy atom. The van der Waals surface area contributed by atoms with E-state index in [0.29, 0.717) is 67.2 Å². The topological polar surface area (TPSA) is 168 Å². The molecule has 0 atom stereocenters. The molecule has 0 spiro atoms. The van der Waals surface area contributed by atoms with Crippen LogP contribution in [-0.2, 0) is 9.47 Å². The van der Waals surface area contributed by atoms with Gasteiger partial charge in [0, 0.05) is 0 Å². The zero-order valence-corrected chi connectivity index (χ0v) is 32.9. The molecular weight excluding hydrogens is 795 g/mol. The van der Waals surface area contributed by atoms with Crippen molar-refractivity contribution in [3.8, 4) is 0 Å². The third kappa shape index (κ3) is 8.16. The van der Waals surface area contributed by atoms with Gasteiger partial charge in [-0.2, -0.15) is 0 Å². The molecule has 0 aliphatic heterocycles. The maximum Gasteiger partial charge on any atom is 0.243 e. The second-order valence-corrected chi connectivity index (χ2v) is 14.7. The average Bonchev–Trinajstić information content (AvgIpc) is 3.81. The minimum absolute atomic E-state index is 0. The number of aromatic nitrogens is 6. The third-order valence-electron chi connectivity index (χ3n) is 8.16. The van der Waals surface area contributed by atoms with Crippen LogP contribution in [0.3, 0.4) is 0 Å². The van der Waals surface area contributed by atoms with Crippen molar-refractivity contribution >= 4 is 123 Å². The molecule has 0 radical (unpaired) electrons. The van der Waals surface area contributed by atoms with E-state index in [2.05, 4.69) is 40.5 Å². The molecule has 0 bridgehead atoms. The van der Waals surface area contributed by atoms with Crippen LogP contribution in [0.4, 0.5) is 27.4 Å². The minimum atomic E-state index is -0.361. The Morgan fingerprint density at radius 2 is 1.16 bits per heavy atom. The number of halogens is 3. The van der Waals surface area contributed by atoms with Gasteiger partial charge in [-0.1, -0.05) is 36.7 Å². The summed E-state index contributed by atoms with van der Waals surface area (Å²) in [6, 6.07) is 16.2. The number of nitrogens with one attached hydrogen (secondary N) is 4. The van der Waals surface area contributed by atoms with Crippen LogP contribution < -0.4 is 10.6 Å². The Kier molecular flexibility index (Phi) is 12.2. The fourth-order valence-corrected chi connectivity index (χ4v) is 8.15. The Labute approximate surface area is 339 Å². The molecule has 12 nitrogen and oxygen atoms in total. The zero-order valence-electron chi connectivity index (χ0n) is 29.7. The maximum atomic E-state index is 14.0. The quantitative estimate of drug-likeness (QED) is 0.0854. The normalized spacial score (nSPS) is 10.9. The van der Waals surface area contributed by atoms with E-state index in [4.69, 9.17) is 43.5 Å². The summed E-state index contributed by atoms with van der Waals surface area (Å²) in [6.07, 6.45) is 2.95. The van der Waals surface area contributed by atoms with E-state index in [-0.39, 0.29) is 25.0 Å². The number of anilines is 4. The molecule has 0 aliphatic rings. The lowest BCUT2D eigenvalue weighted by Gasteiger charge is -2.11. The molecule has 4 aromatic heterocycles. The number of rotatable bonds is 8. The summed E-state index contributed by atoms with van der Waals surface area (Å²) >= 11 is 15.4. The average molecular weight is 830 g/mol. The molecule has 4 aromatic carbocycles. The first-order valence-electron chi connectivity index (χ1n) is 16.8. The van der Waals surface area contributed by atoms with E-state index in [1.54, 1.807) is 13.0 Å². The van der Waals surface area contributed by atoms with E-state index in [1.165, 1.54) is 41.4 Å². The number of fused-ring (bicyclic) bond motifs is 6. The van der Waals surface area contributed by atoms with Gasteiger partial charge in [0.25, 0.3) is 0 Å². The summed E-state index contributed by atoms with van der Waals surface area (Å²) in [5, 5.41) is 26.0. The molecule has 4 heterocycles. The largest absolute Gasteiger partial charge is 0.476 e. The summed E-state index contributed by atoms with van der Waals surface area (Å²) in [5.74, 6) is 0.862. The first-order chi connectivity index (χ1) is 26.5. The van der Waals surface area contributed by atoms with Gasteiger partial charge in [0.2, 0.25) is 11.8 Å². The van der Waals surface area contributed by atoms with Gasteiger partial charge in [0.1, 0.15) is 30.1 Å². The lowest BCUT2D eigenvalue weighted by Crippen LogP contribution is -2.03. The van der Waals surface area contributed by atoms with Crippen molar-refractivity contribution in [2.45, 2.75) is 35.1 Å². The molecule has 0 saturated carbocycles. The lowest BCUT2D eigenvalue weighted by molar-refractivity contribution is 0.325. The highest BCUT2D eigenvalue weighted by Gasteiger charge is 2.18. The number of hydrogen-bond donors (Lipinski definition) is 4. The van der Waals surface area contributed by atoms with Crippen molar-refractivity contribution in [3.05, 3.63) is 104 Å². The summed E-state index contributed by atoms with van der Waals surface area (Å²) < 4.78 is 26.3. The standard InChI is InChI=1S/C19H15ClFN5OS.C19H16ClN5OS.CH4/c1-3-27-17(22)19-26-13-5-4-12-15(16(13)28-19)18(24-8-23-12)25-14-7-11(21)9(2)6-10(14)20;1-3-26-17(21)19-25-14-7-6-13-15(16(14)27-19)18(23-9-22-13)24-12-5-4-10(2)8-11(12)20;/h4-8,22H,3H2,1-2H3,(H,23,24,25);4-9,21H,3H2,1-2H3,(H,22,23,24);1H4. The summed E-state index contributed by atoms with van der Waals surface area (Å²) in [4.78, 5) is 26.4. The van der Waals surface area contributed by atoms with Crippen LogP contribution in [0.15, 0.2) is 67.3 Å². The highest BCUT2D eigenvalue weighted by molar-refractivity contribution is 7.21. The summed E-state index contributed by atoms with van der Waals surface area (Å²) in [5.41, 5.74) is 5.71. The van der Waals surface area contributed by atoms with Gasteiger partial charge in [-0.25, -0.2) is 34.3 Å². The Bertz CT molecular complexity index is 2780. The molecule has 56 heavy (non-hydrogen) atoms. The molecule has 8 aromatic rings. The molecule has 0 aliphatic carbocycles. The summed E-state index contributed by atoms with van der Waals surface area (Å²) in [7, 11) is 0. The molecule has 17 heteroatoms. The van der Waals surface area contributed by atoms with Crippen LogP contribution in [0.1, 0.15) is 42.4 Å². The predicted molar refractivity (Wildman–Crippen MR) is 228 cm³/mol. The van der Waals surface area contributed by atoms with Crippen LogP contribution >= 0.6 is 45.9 Å². The fourth-order valence-electron chi connectivity index (χ4n) is 5.58. The minimum Gasteiger partial charge on any atom is -0.476 e. The van der Waals surface area contributed by atoms with E-state index < -0.39 is 0 Å². The highest BCUT2D eigenvalue weighted by Crippen LogP contribution is 2.38. The third-order valence-corrected chi connectivity index (χ3v) is 11.0. The number of thiazole rings is 2. The van der Waals surface area contributed by atoms with Gasteiger partial charge in [-0.15, -0.1) is 22.7 Å². The Morgan fingerprint density at radius 1 is 0.679 bits per heavy atom. The van der Waals surface area contributed by atoms with Crippen molar-refractivity contribution in [1.82, 2.24) is 29.9 Å². The molecule has 0 saturated heterocycles. The van der Waals surface area contributed by atoms with E-state index in [1.807, 2.05) is 63.2 Å². The predicted octanol–water partition coefficient (Wildman–Crippen LogP) is 11.4. The number of ether oxygens (including phenoxy) is 2. The maximum absolute atomic E-state index is 14.0. The van der Waals surface area contributed by atoms with Crippen molar-refractivity contribution in [2.24, 2.45) is 0 Å². The second kappa shape index (κ2) is 17.0. The second-order valence-electron chi connectivity index (χ2n) is 11.9. The first kappa shape index (κ1) is 40.1. The Hall–Kier alpha value is -5.61. The van der Waals surface area contributed by atoms with E-state index in [0.717, 1.165) is 42.5 Å². The van der Waals surface area contributed by atoms with Crippen LogP contribution in [0.2, 0.25) is 10.0 Å².